The molecular weight excluding hydrogens is 290 g/mol. The van der Waals surface area contributed by atoms with Crippen molar-refractivity contribution in [2.45, 2.75) is 37.8 Å². The molecule has 0 spiro atoms. The third-order valence-electron chi connectivity index (χ3n) is 2.19. The molecule has 5 nitrogen and oxygen atoms in total. The molecule has 0 bridgehead atoms. The predicted octanol–water partition coefficient (Wildman–Crippen LogP) is 2.52. The number of unbranched alkanes of at least 4 members (excludes halogenated alkanes) is 1. The number of nitrogens with zero attached hydrogens (tertiary/aromatic N) is 2. The molecule has 0 unspecified atom stereocenters. The van der Waals surface area contributed by atoms with E-state index in [0.717, 1.165) is 19.0 Å². The van der Waals surface area contributed by atoms with E-state index >= 15 is 0 Å². The molecule has 0 atom stereocenters. The van der Waals surface area contributed by atoms with Crippen molar-refractivity contribution < 1.29 is 21.9 Å². The van der Waals surface area contributed by atoms with E-state index in [4.69, 9.17) is 15.4 Å². The standard InChI is InChI=1S/C9H13ClF2N2O3S/c1-2-3-4-17-6-7-8(18(10,15)16)5-13-14(7)9(11)12/h5,9H,2-4,6H2,1H3. The van der Waals surface area contributed by atoms with Crippen LogP contribution in [0.3, 0.4) is 0 Å². The minimum atomic E-state index is -4.11. The summed E-state index contributed by atoms with van der Waals surface area (Å²) in [6, 6.07) is 0. The first-order chi connectivity index (χ1) is 8.38. The van der Waals surface area contributed by atoms with Crippen molar-refractivity contribution in [3.8, 4) is 0 Å². The lowest BCUT2D eigenvalue weighted by Crippen LogP contribution is -2.09. The van der Waals surface area contributed by atoms with Crippen LogP contribution in [-0.2, 0) is 20.4 Å². The van der Waals surface area contributed by atoms with Gasteiger partial charge in [-0.2, -0.15) is 13.9 Å². The fraction of sp³-hybridized carbons (Fsp3) is 0.667. The molecule has 0 amide bonds. The molecule has 0 aliphatic rings. The van der Waals surface area contributed by atoms with Crippen LogP contribution in [0.1, 0.15) is 32.0 Å². The molecule has 0 aliphatic heterocycles. The normalized spacial score (nSPS) is 12.3. The summed E-state index contributed by atoms with van der Waals surface area (Å²) in [6.07, 6.45) is 2.44. The van der Waals surface area contributed by atoms with E-state index < -0.39 is 20.5 Å². The van der Waals surface area contributed by atoms with E-state index in [9.17, 15) is 17.2 Å². The van der Waals surface area contributed by atoms with E-state index in [2.05, 4.69) is 5.10 Å². The molecule has 18 heavy (non-hydrogen) atoms. The van der Waals surface area contributed by atoms with Crippen LogP contribution in [0.25, 0.3) is 0 Å². The van der Waals surface area contributed by atoms with E-state index in [-0.39, 0.29) is 12.3 Å². The van der Waals surface area contributed by atoms with Gasteiger partial charge in [0.2, 0.25) is 0 Å². The van der Waals surface area contributed by atoms with E-state index in [1.807, 2.05) is 6.92 Å². The van der Waals surface area contributed by atoms with Crippen molar-refractivity contribution in [3.63, 3.8) is 0 Å². The van der Waals surface area contributed by atoms with Gasteiger partial charge in [-0.1, -0.05) is 13.3 Å². The summed E-state index contributed by atoms with van der Waals surface area (Å²) < 4.78 is 53.0. The maximum absolute atomic E-state index is 12.6. The number of hydrogen-bond donors (Lipinski definition) is 0. The largest absolute Gasteiger partial charge is 0.375 e. The van der Waals surface area contributed by atoms with Gasteiger partial charge in [0.1, 0.15) is 4.90 Å². The van der Waals surface area contributed by atoms with E-state index in [1.165, 1.54) is 0 Å². The molecule has 0 N–H and O–H groups in total. The van der Waals surface area contributed by atoms with Crippen LogP contribution < -0.4 is 0 Å². The van der Waals surface area contributed by atoms with Crippen molar-refractivity contribution in [1.29, 1.82) is 0 Å². The first kappa shape index (κ1) is 15.3. The number of halogens is 3. The molecule has 0 saturated heterocycles. The Balaban J connectivity index is 2.94. The highest BCUT2D eigenvalue weighted by molar-refractivity contribution is 8.13. The van der Waals surface area contributed by atoms with Crippen LogP contribution in [0, 0.1) is 0 Å². The lowest BCUT2D eigenvalue weighted by Gasteiger charge is -2.08. The highest BCUT2D eigenvalue weighted by atomic mass is 35.7. The second kappa shape index (κ2) is 6.44. The Bertz CT molecular complexity index is 490. The molecule has 1 rings (SSSR count). The van der Waals surface area contributed by atoms with Crippen molar-refractivity contribution in [2.24, 2.45) is 0 Å². The number of aromatic nitrogens is 2. The second-order valence-corrected chi connectivity index (χ2v) is 6.06. The van der Waals surface area contributed by atoms with Gasteiger partial charge >= 0.3 is 6.55 Å². The van der Waals surface area contributed by atoms with Crippen LogP contribution >= 0.6 is 10.7 Å². The lowest BCUT2D eigenvalue weighted by atomic mass is 10.4. The van der Waals surface area contributed by atoms with Crippen LogP contribution in [0.15, 0.2) is 11.1 Å². The summed E-state index contributed by atoms with van der Waals surface area (Å²) >= 11 is 0. The van der Waals surface area contributed by atoms with Gasteiger partial charge in [0.15, 0.2) is 0 Å². The summed E-state index contributed by atoms with van der Waals surface area (Å²) in [6.45, 7) is -0.915. The van der Waals surface area contributed by atoms with Crippen molar-refractivity contribution in [2.75, 3.05) is 6.61 Å². The summed E-state index contributed by atoms with van der Waals surface area (Å²) in [5, 5.41) is 3.30. The van der Waals surface area contributed by atoms with Gasteiger partial charge in [0.25, 0.3) is 9.05 Å². The molecule has 0 aliphatic carbocycles. The Hall–Kier alpha value is -0.730. The highest BCUT2D eigenvalue weighted by Gasteiger charge is 2.24. The Morgan fingerprint density at radius 3 is 2.72 bits per heavy atom. The zero-order valence-corrected chi connectivity index (χ0v) is 11.2. The fourth-order valence-electron chi connectivity index (χ4n) is 1.30. The monoisotopic (exact) mass is 302 g/mol. The summed E-state index contributed by atoms with van der Waals surface area (Å²) in [4.78, 5) is -0.444. The molecule has 9 heteroatoms. The number of rotatable bonds is 7. The summed E-state index contributed by atoms with van der Waals surface area (Å²) in [5.41, 5.74) is -0.240. The molecular formula is C9H13ClF2N2O3S. The van der Waals surface area contributed by atoms with E-state index in [0.29, 0.717) is 11.3 Å². The minimum absolute atomic E-state index is 0.240. The molecule has 0 aromatic carbocycles. The third-order valence-corrected chi connectivity index (χ3v) is 3.55. The maximum atomic E-state index is 12.6. The number of ether oxygens (including phenoxy) is 1. The second-order valence-electron chi connectivity index (χ2n) is 3.52. The molecule has 1 aromatic heterocycles. The Kier molecular flexibility index (Phi) is 5.48. The quantitative estimate of drug-likeness (QED) is 0.573. The van der Waals surface area contributed by atoms with Gasteiger partial charge in [-0.05, 0) is 6.42 Å². The van der Waals surface area contributed by atoms with Crippen molar-refractivity contribution in [3.05, 3.63) is 11.9 Å². The summed E-state index contributed by atoms with van der Waals surface area (Å²) in [5.74, 6) is 0. The SMILES string of the molecule is CCCCOCc1c(S(=O)(=O)Cl)cnn1C(F)F. The average molecular weight is 303 g/mol. The first-order valence-corrected chi connectivity index (χ1v) is 7.55. The molecule has 0 saturated carbocycles. The Labute approximate surface area is 108 Å². The average Bonchev–Trinajstić information content (AvgIpc) is 2.67. The van der Waals surface area contributed by atoms with E-state index in [1.54, 1.807) is 0 Å². The topological polar surface area (TPSA) is 61.2 Å². The van der Waals surface area contributed by atoms with Gasteiger partial charge in [0.05, 0.1) is 18.5 Å². The molecule has 0 radical (unpaired) electrons. The fourth-order valence-corrected chi connectivity index (χ4v) is 2.29. The Morgan fingerprint density at radius 1 is 1.56 bits per heavy atom. The van der Waals surface area contributed by atoms with Crippen molar-refractivity contribution in [1.82, 2.24) is 9.78 Å². The lowest BCUT2D eigenvalue weighted by molar-refractivity contribution is 0.0401. The zero-order chi connectivity index (χ0) is 13.8. The highest BCUT2D eigenvalue weighted by Crippen LogP contribution is 2.24. The molecule has 0 fully saturated rings. The first-order valence-electron chi connectivity index (χ1n) is 5.24. The van der Waals surface area contributed by atoms with Gasteiger partial charge in [-0.25, -0.2) is 13.1 Å². The maximum Gasteiger partial charge on any atom is 0.333 e. The summed E-state index contributed by atoms with van der Waals surface area (Å²) in [7, 11) is 1.03. The smallest absolute Gasteiger partial charge is 0.333 e. The van der Waals surface area contributed by atoms with Gasteiger partial charge in [-0.3, -0.25) is 0 Å². The predicted molar refractivity (Wildman–Crippen MR) is 61.1 cm³/mol. The van der Waals surface area contributed by atoms with Crippen LogP contribution in [0.4, 0.5) is 8.78 Å². The third kappa shape index (κ3) is 3.89. The van der Waals surface area contributed by atoms with Gasteiger partial charge < -0.3 is 4.74 Å². The van der Waals surface area contributed by atoms with Crippen LogP contribution in [-0.4, -0.2) is 24.8 Å². The number of alkyl halides is 2. The van der Waals surface area contributed by atoms with Crippen LogP contribution in [0.5, 0.6) is 0 Å². The minimum Gasteiger partial charge on any atom is -0.375 e. The van der Waals surface area contributed by atoms with Gasteiger partial charge in [-0.15, -0.1) is 0 Å². The zero-order valence-electron chi connectivity index (χ0n) is 9.64. The Morgan fingerprint density at radius 2 is 2.22 bits per heavy atom. The van der Waals surface area contributed by atoms with Crippen molar-refractivity contribution >= 4 is 19.7 Å². The van der Waals surface area contributed by atoms with Crippen LogP contribution in [0.2, 0.25) is 0 Å². The molecule has 104 valence electrons. The molecule has 1 aromatic rings. The number of hydrogen-bond acceptors (Lipinski definition) is 4. The molecule has 1 heterocycles. The van der Waals surface area contributed by atoms with Gasteiger partial charge in [0, 0.05) is 17.3 Å².